The second kappa shape index (κ2) is 23.0. The average molecular weight is 731 g/mol. The van der Waals surface area contributed by atoms with E-state index in [0.717, 1.165) is 37.1 Å². The Labute approximate surface area is 294 Å². The first-order chi connectivity index (χ1) is 22.7. The molecular weight excluding hydrogens is 673 g/mol. The molecule has 0 aromatic heterocycles. The maximum atomic E-state index is 12.0. The summed E-state index contributed by atoms with van der Waals surface area (Å²) in [7, 11) is -8.04. The van der Waals surface area contributed by atoms with Crippen LogP contribution in [0.2, 0.25) is 0 Å². The third-order valence-electron chi connectivity index (χ3n) is 8.37. The van der Waals surface area contributed by atoms with Crippen molar-refractivity contribution in [3.8, 4) is 0 Å². The summed E-state index contributed by atoms with van der Waals surface area (Å²) < 4.78 is 69.9. The van der Waals surface area contributed by atoms with Crippen molar-refractivity contribution in [1.82, 2.24) is 9.80 Å². The second-order valence-corrected chi connectivity index (χ2v) is 15.6. The Balaban J connectivity index is 0.000000429. The van der Waals surface area contributed by atoms with E-state index >= 15 is 0 Å². The van der Waals surface area contributed by atoms with Crippen LogP contribution in [0.4, 0.5) is 4.79 Å². The Morgan fingerprint density at radius 3 is 1.35 bits per heavy atom. The number of likely N-dealkylation sites (tertiary alicyclic amines) is 2. The second-order valence-electron chi connectivity index (χ2n) is 12.8. The molecule has 2 aromatic rings. The van der Waals surface area contributed by atoms with Gasteiger partial charge < -0.3 is 24.7 Å². The number of carbonyl (C=O) groups excluding carboxylic acids is 1. The van der Waals surface area contributed by atoms with Crippen LogP contribution in [0.1, 0.15) is 76.3 Å². The monoisotopic (exact) mass is 730 g/mol. The van der Waals surface area contributed by atoms with Gasteiger partial charge in [-0.25, -0.2) is 4.79 Å². The highest BCUT2D eigenvalue weighted by Gasteiger charge is 2.23. The minimum absolute atomic E-state index is 0. The highest BCUT2D eigenvalue weighted by Crippen LogP contribution is 2.19. The van der Waals surface area contributed by atoms with Crippen molar-refractivity contribution in [2.24, 2.45) is 11.8 Å². The topological polar surface area (TPSA) is 182 Å². The minimum atomic E-state index is -4.02. The van der Waals surface area contributed by atoms with E-state index in [2.05, 4.69) is 23.6 Å². The number of hydrogen-bond acceptors (Lipinski definition) is 9. The SMILES string of the molecule is CCCCN1CCCC(COC(=O)OCC2CCCN(CCCC)C2)C1.Cc1ccc(S(=O)(=O)O)cc1.Cc1ccc(S(=O)(=O)O)cc1.O. The van der Waals surface area contributed by atoms with Crippen molar-refractivity contribution in [2.45, 2.75) is 88.9 Å². The first-order valence-corrected chi connectivity index (χ1v) is 19.9. The van der Waals surface area contributed by atoms with Crippen LogP contribution < -0.4 is 0 Å². The van der Waals surface area contributed by atoms with E-state index in [-0.39, 0.29) is 15.3 Å². The first-order valence-electron chi connectivity index (χ1n) is 17.0. The molecule has 0 amide bonds. The lowest BCUT2D eigenvalue weighted by atomic mass is 9.98. The fraction of sp³-hybridized carbons (Fsp3) is 0.629. The summed E-state index contributed by atoms with van der Waals surface area (Å²) >= 11 is 0. The van der Waals surface area contributed by atoms with Crippen LogP contribution in [-0.2, 0) is 29.7 Å². The molecule has 2 heterocycles. The lowest BCUT2D eigenvalue weighted by molar-refractivity contribution is 0.0154. The summed E-state index contributed by atoms with van der Waals surface area (Å²) in [5.74, 6) is 0.930. The molecule has 12 nitrogen and oxygen atoms in total. The number of carbonyl (C=O) groups is 1. The minimum Gasteiger partial charge on any atom is -0.434 e. The number of piperidine rings is 2. The van der Waals surface area contributed by atoms with Crippen LogP contribution in [0.3, 0.4) is 0 Å². The van der Waals surface area contributed by atoms with E-state index in [1.807, 2.05) is 13.8 Å². The Bertz CT molecular complexity index is 1310. The quantitative estimate of drug-likeness (QED) is 0.198. The van der Waals surface area contributed by atoms with Gasteiger partial charge in [-0.15, -0.1) is 0 Å². The van der Waals surface area contributed by atoms with Crippen molar-refractivity contribution in [2.75, 3.05) is 52.5 Å². The Morgan fingerprint density at radius 1 is 0.694 bits per heavy atom. The van der Waals surface area contributed by atoms with Gasteiger partial charge in [0.1, 0.15) is 0 Å². The van der Waals surface area contributed by atoms with E-state index in [4.69, 9.17) is 18.6 Å². The number of benzene rings is 2. The highest BCUT2D eigenvalue weighted by atomic mass is 32.2. The third-order valence-corrected chi connectivity index (χ3v) is 10.1. The predicted molar refractivity (Wildman–Crippen MR) is 191 cm³/mol. The van der Waals surface area contributed by atoms with Crippen molar-refractivity contribution >= 4 is 26.4 Å². The van der Waals surface area contributed by atoms with Crippen LogP contribution in [0.5, 0.6) is 0 Å². The zero-order valence-electron chi connectivity index (χ0n) is 29.6. The van der Waals surface area contributed by atoms with Gasteiger partial charge in [0.15, 0.2) is 0 Å². The number of nitrogens with zero attached hydrogens (tertiary/aromatic N) is 2. The molecule has 14 heteroatoms. The van der Waals surface area contributed by atoms with E-state index < -0.39 is 26.4 Å². The molecule has 0 radical (unpaired) electrons. The zero-order chi connectivity index (χ0) is 35.6. The number of aryl methyl sites for hydroxylation is 2. The molecule has 0 aliphatic carbocycles. The Hall–Kier alpha value is -2.59. The average Bonchev–Trinajstić information content (AvgIpc) is 3.05. The molecule has 4 rings (SSSR count). The summed E-state index contributed by atoms with van der Waals surface area (Å²) in [5.41, 5.74) is 1.91. The van der Waals surface area contributed by atoms with Crippen LogP contribution in [0, 0.1) is 25.7 Å². The summed E-state index contributed by atoms with van der Waals surface area (Å²) in [5, 5.41) is 0. The highest BCUT2D eigenvalue weighted by molar-refractivity contribution is 7.86. The molecule has 2 aliphatic rings. The van der Waals surface area contributed by atoms with Gasteiger partial charge in [0.25, 0.3) is 20.2 Å². The molecule has 0 spiro atoms. The van der Waals surface area contributed by atoms with Crippen molar-refractivity contribution in [3.63, 3.8) is 0 Å². The summed E-state index contributed by atoms with van der Waals surface area (Å²) in [6.45, 7) is 16.0. The van der Waals surface area contributed by atoms with Gasteiger partial charge in [-0.3, -0.25) is 9.11 Å². The van der Waals surface area contributed by atoms with Crippen molar-refractivity contribution < 1.29 is 45.7 Å². The van der Waals surface area contributed by atoms with Crippen LogP contribution >= 0.6 is 0 Å². The largest absolute Gasteiger partial charge is 0.508 e. The van der Waals surface area contributed by atoms with E-state index in [1.165, 1.54) is 89.0 Å². The molecule has 2 aromatic carbocycles. The Morgan fingerprint density at radius 2 is 1.04 bits per heavy atom. The molecular formula is C35H58N2O10S2. The number of rotatable bonds is 12. The van der Waals surface area contributed by atoms with Gasteiger partial charge in [0, 0.05) is 24.9 Å². The molecule has 2 aliphatic heterocycles. The van der Waals surface area contributed by atoms with Gasteiger partial charge in [-0.05, 0) is 103 Å². The van der Waals surface area contributed by atoms with E-state index in [0.29, 0.717) is 25.0 Å². The molecule has 280 valence electrons. The standard InChI is InChI=1S/C21H40N2O3.2C7H8O3S.H2O/c1-3-5-11-22-13-7-9-19(15-22)17-25-21(24)26-18-20-10-8-14-23(16-20)12-6-4-2;2*1-6-2-4-7(5-3-6)11(8,9)10;/h19-20H,3-18H2,1-2H3;2*2-5H,1H3,(H,8,9,10);1H2. The number of unbranched alkanes of at least 4 members (excludes halogenated alkanes) is 2. The normalized spacial score (nSPS) is 18.5. The lowest BCUT2D eigenvalue weighted by Gasteiger charge is -2.33. The molecule has 2 atom stereocenters. The van der Waals surface area contributed by atoms with Gasteiger partial charge in [0.2, 0.25) is 0 Å². The summed E-state index contributed by atoms with van der Waals surface area (Å²) in [4.78, 5) is 16.9. The number of hydrogen-bond donors (Lipinski definition) is 2. The fourth-order valence-electron chi connectivity index (χ4n) is 5.58. The molecule has 4 N–H and O–H groups in total. The van der Waals surface area contributed by atoms with Crippen LogP contribution in [0.15, 0.2) is 58.3 Å². The predicted octanol–water partition coefficient (Wildman–Crippen LogP) is 5.82. The maximum Gasteiger partial charge on any atom is 0.508 e. The molecule has 0 bridgehead atoms. The van der Waals surface area contributed by atoms with E-state index in [9.17, 15) is 21.6 Å². The Kier molecular flexibility index (Phi) is 20.8. The molecule has 49 heavy (non-hydrogen) atoms. The van der Waals surface area contributed by atoms with Crippen molar-refractivity contribution in [3.05, 3.63) is 59.7 Å². The molecule has 2 unspecified atom stereocenters. The molecule has 0 saturated carbocycles. The lowest BCUT2D eigenvalue weighted by Crippen LogP contribution is -2.39. The van der Waals surface area contributed by atoms with Gasteiger partial charge in [-0.2, -0.15) is 16.8 Å². The fourth-order valence-corrected chi connectivity index (χ4v) is 6.54. The third kappa shape index (κ3) is 18.8. The van der Waals surface area contributed by atoms with E-state index in [1.54, 1.807) is 24.3 Å². The molecule has 2 saturated heterocycles. The summed E-state index contributed by atoms with van der Waals surface area (Å²) in [6.07, 6.45) is 9.25. The number of ether oxygens (including phenoxy) is 2. The zero-order valence-corrected chi connectivity index (χ0v) is 31.2. The van der Waals surface area contributed by atoms with Gasteiger partial charge >= 0.3 is 6.16 Å². The summed E-state index contributed by atoms with van der Waals surface area (Å²) in [6, 6.07) is 12.0. The van der Waals surface area contributed by atoms with Crippen molar-refractivity contribution in [1.29, 1.82) is 0 Å². The molecule has 2 fully saturated rings. The van der Waals surface area contributed by atoms with Gasteiger partial charge in [0.05, 0.1) is 23.0 Å². The smallest absolute Gasteiger partial charge is 0.434 e. The van der Waals surface area contributed by atoms with Gasteiger partial charge in [-0.1, -0.05) is 62.1 Å². The maximum absolute atomic E-state index is 12.0. The van der Waals surface area contributed by atoms with Crippen LogP contribution in [0.25, 0.3) is 0 Å². The van der Waals surface area contributed by atoms with Crippen LogP contribution in [-0.4, -0.2) is 99.9 Å². The first kappa shape index (κ1) is 44.4.